The highest BCUT2D eigenvalue weighted by Crippen LogP contribution is 2.26. The van der Waals surface area contributed by atoms with Crippen LogP contribution < -0.4 is 15.4 Å². The summed E-state index contributed by atoms with van der Waals surface area (Å²) in [6.07, 6.45) is -0.0139. The zero-order valence-corrected chi connectivity index (χ0v) is 19.5. The van der Waals surface area contributed by atoms with Gasteiger partial charge in [-0.2, -0.15) is 0 Å². The SMILES string of the molecule is CC[C@H](C)[C@H](NC(=O)OC(C)(C)C)C(=O)Nc1ccc(OC)cc1C(=O)c1ccccc1. The summed E-state index contributed by atoms with van der Waals surface area (Å²) in [7, 11) is 1.51. The van der Waals surface area contributed by atoms with Gasteiger partial charge in [0.05, 0.1) is 12.8 Å². The van der Waals surface area contributed by atoms with Crippen molar-refractivity contribution in [3.05, 3.63) is 59.7 Å². The molecule has 0 radical (unpaired) electrons. The van der Waals surface area contributed by atoms with Gasteiger partial charge in [0, 0.05) is 11.1 Å². The summed E-state index contributed by atoms with van der Waals surface area (Å²) in [5, 5.41) is 5.47. The largest absolute Gasteiger partial charge is 0.497 e. The lowest BCUT2D eigenvalue weighted by molar-refractivity contribution is -0.119. The lowest BCUT2D eigenvalue weighted by Crippen LogP contribution is -2.49. The topological polar surface area (TPSA) is 93.7 Å². The van der Waals surface area contributed by atoms with Gasteiger partial charge in [0.2, 0.25) is 5.91 Å². The number of methoxy groups -OCH3 is 1. The van der Waals surface area contributed by atoms with Crippen LogP contribution in [0.4, 0.5) is 10.5 Å². The van der Waals surface area contributed by atoms with Gasteiger partial charge < -0.3 is 20.1 Å². The van der Waals surface area contributed by atoms with Crippen LogP contribution in [-0.2, 0) is 9.53 Å². The highest BCUT2D eigenvalue weighted by Gasteiger charge is 2.29. The van der Waals surface area contributed by atoms with Crippen LogP contribution in [0.15, 0.2) is 48.5 Å². The summed E-state index contributed by atoms with van der Waals surface area (Å²) >= 11 is 0. The molecule has 0 aliphatic heterocycles. The second-order valence-electron chi connectivity index (χ2n) is 8.61. The van der Waals surface area contributed by atoms with E-state index in [1.54, 1.807) is 63.2 Å². The molecule has 2 atom stereocenters. The van der Waals surface area contributed by atoms with E-state index < -0.39 is 23.6 Å². The molecule has 0 saturated heterocycles. The molecule has 7 heteroatoms. The lowest BCUT2D eigenvalue weighted by atomic mass is 9.97. The van der Waals surface area contributed by atoms with E-state index in [0.717, 1.165) is 0 Å². The first-order valence-electron chi connectivity index (χ1n) is 10.6. The average Bonchev–Trinajstić information content (AvgIpc) is 2.76. The molecule has 2 N–H and O–H groups in total. The molecular formula is C25H32N2O5. The molecule has 0 spiro atoms. The minimum absolute atomic E-state index is 0.158. The van der Waals surface area contributed by atoms with E-state index in [-0.39, 0.29) is 11.7 Å². The number of anilines is 1. The van der Waals surface area contributed by atoms with Crippen molar-refractivity contribution >= 4 is 23.5 Å². The van der Waals surface area contributed by atoms with Crippen molar-refractivity contribution < 1.29 is 23.9 Å². The fraction of sp³-hybridized carbons (Fsp3) is 0.400. The van der Waals surface area contributed by atoms with E-state index in [4.69, 9.17) is 9.47 Å². The summed E-state index contributed by atoms with van der Waals surface area (Å²) in [6.45, 7) is 9.06. The van der Waals surface area contributed by atoms with Crippen molar-refractivity contribution in [2.24, 2.45) is 5.92 Å². The molecule has 2 amide bonds. The van der Waals surface area contributed by atoms with Crippen LogP contribution in [0.2, 0.25) is 0 Å². The van der Waals surface area contributed by atoms with E-state index in [1.807, 2.05) is 19.9 Å². The van der Waals surface area contributed by atoms with Crippen molar-refractivity contribution in [1.82, 2.24) is 5.32 Å². The van der Waals surface area contributed by atoms with Crippen LogP contribution >= 0.6 is 0 Å². The maximum absolute atomic E-state index is 13.2. The highest BCUT2D eigenvalue weighted by molar-refractivity contribution is 6.14. The Balaban J connectivity index is 2.33. The van der Waals surface area contributed by atoms with E-state index >= 15 is 0 Å². The Morgan fingerprint density at radius 3 is 2.25 bits per heavy atom. The fourth-order valence-corrected chi connectivity index (χ4v) is 3.04. The predicted molar refractivity (Wildman–Crippen MR) is 124 cm³/mol. The molecule has 0 unspecified atom stereocenters. The minimum atomic E-state index is -0.836. The first kappa shape index (κ1) is 24.9. The Labute approximate surface area is 189 Å². The number of amides is 2. The quantitative estimate of drug-likeness (QED) is 0.575. The zero-order chi connectivity index (χ0) is 23.9. The summed E-state index contributed by atoms with van der Waals surface area (Å²) in [5.41, 5.74) is 0.431. The van der Waals surface area contributed by atoms with Gasteiger partial charge in [0.25, 0.3) is 0 Å². The van der Waals surface area contributed by atoms with Crippen molar-refractivity contribution in [3.63, 3.8) is 0 Å². The molecule has 2 aromatic carbocycles. The summed E-state index contributed by atoms with van der Waals surface area (Å²) in [6, 6.07) is 12.8. The van der Waals surface area contributed by atoms with E-state index in [2.05, 4.69) is 10.6 Å². The van der Waals surface area contributed by atoms with Crippen LogP contribution in [-0.4, -0.2) is 36.5 Å². The monoisotopic (exact) mass is 440 g/mol. The number of hydrogen-bond acceptors (Lipinski definition) is 5. The van der Waals surface area contributed by atoms with Gasteiger partial charge in [0.1, 0.15) is 17.4 Å². The van der Waals surface area contributed by atoms with Gasteiger partial charge in [-0.25, -0.2) is 4.79 Å². The maximum Gasteiger partial charge on any atom is 0.408 e. The molecule has 0 aliphatic carbocycles. The lowest BCUT2D eigenvalue weighted by Gasteiger charge is -2.26. The van der Waals surface area contributed by atoms with Crippen LogP contribution in [0.3, 0.4) is 0 Å². The fourth-order valence-electron chi connectivity index (χ4n) is 3.04. The summed E-state index contributed by atoms with van der Waals surface area (Å²) < 4.78 is 10.6. The number of benzene rings is 2. The molecule has 7 nitrogen and oxygen atoms in total. The van der Waals surface area contributed by atoms with Crippen molar-refractivity contribution in [3.8, 4) is 5.75 Å². The smallest absolute Gasteiger partial charge is 0.408 e. The van der Waals surface area contributed by atoms with Gasteiger partial charge in [-0.05, 0) is 44.9 Å². The average molecular weight is 441 g/mol. The molecule has 0 aliphatic rings. The Morgan fingerprint density at radius 1 is 1.03 bits per heavy atom. The molecule has 0 saturated carbocycles. The number of rotatable bonds is 8. The molecular weight excluding hydrogens is 408 g/mol. The van der Waals surface area contributed by atoms with Crippen LogP contribution in [0, 0.1) is 5.92 Å². The Kier molecular flexibility index (Phi) is 8.41. The number of carbonyl (C=O) groups is 3. The molecule has 2 rings (SSSR count). The minimum Gasteiger partial charge on any atom is -0.497 e. The van der Waals surface area contributed by atoms with Crippen molar-refractivity contribution in [2.45, 2.75) is 52.7 Å². The first-order chi connectivity index (χ1) is 15.1. The summed E-state index contributed by atoms with van der Waals surface area (Å²) in [4.78, 5) is 38.6. The third-order valence-corrected chi connectivity index (χ3v) is 4.93. The van der Waals surface area contributed by atoms with Gasteiger partial charge in [-0.3, -0.25) is 9.59 Å². The molecule has 0 aromatic heterocycles. The van der Waals surface area contributed by atoms with Gasteiger partial charge >= 0.3 is 6.09 Å². The zero-order valence-electron chi connectivity index (χ0n) is 19.5. The molecule has 2 aromatic rings. The maximum atomic E-state index is 13.2. The van der Waals surface area contributed by atoms with E-state index in [1.165, 1.54) is 7.11 Å². The molecule has 32 heavy (non-hydrogen) atoms. The molecule has 0 bridgehead atoms. The Bertz CT molecular complexity index is 951. The number of ether oxygens (including phenoxy) is 2. The summed E-state index contributed by atoms with van der Waals surface area (Å²) in [5.74, 6) is -0.348. The second kappa shape index (κ2) is 10.8. The van der Waals surface area contributed by atoms with Crippen LogP contribution in [0.1, 0.15) is 57.0 Å². The first-order valence-corrected chi connectivity index (χ1v) is 10.6. The van der Waals surface area contributed by atoms with Gasteiger partial charge in [-0.15, -0.1) is 0 Å². The van der Waals surface area contributed by atoms with Crippen molar-refractivity contribution in [2.75, 3.05) is 12.4 Å². The normalized spacial score (nSPS) is 12.9. The Morgan fingerprint density at radius 2 is 1.69 bits per heavy atom. The van der Waals surface area contributed by atoms with Gasteiger partial charge in [0.15, 0.2) is 5.78 Å². The number of ketones is 1. The number of hydrogen-bond donors (Lipinski definition) is 2. The third-order valence-electron chi connectivity index (χ3n) is 4.93. The predicted octanol–water partition coefficient (Wildman–Crippen LogP) is 4.80. The standard InChI is InChI=1S/C25H32N2O5/c1-7-16(2)21(27-24(30)32-25(3,4)5)23(29)26-20-14-13-18(31-6)15-19(20)22(28)17-11-9-8-10-12-17/h8-16,21H,7H2,1-6H3,(H,26,29)(H,27,30)/t16-,21-/m0/s1. The van der Waals surface area contributed by atoms with Crippen molar-refractivity contribution in [1.29, 1.82) is 0 Å². The van der Waals surface area contributed by atoms with E-state index in [0.29, 0.717) is 29.0 Å². The molecule has 0 heterocycles. The number of nitrogens with one attached hydrogen (secondary N) is 2. The molecule has 0 fully saturated rings. The second-order valence-corrected chi connectivity index (χ2v) is 8.61. The highest BCUT2D eigenvalue weighted by atomic mass is 16.6. The van der Waals surface area contributed by atoms with Crippen LogP contribution in [0.5, 0.6) is 5.75 Å². The number of carbonyl (C=O) groups excluding carboxylic acids is 3. The third kappa shape index (κ3) is 6.83. The van der Waals surface area contributed by atoms with Crippen LogP contribution in [0.25, 0.3) is 0 Å². The Hall–Kier alpha value is -3.35. The number of alkyl carbamates (subject to hydrolysis) is 1. The van der Waals surface area contributed by atoms with Gasteiger partial charge in [-0.1, -0.05) is 50.6 Å². The molecule has 172 valence electrons. The van der Waals surface area contributed by atoms with E-state index in [9.17, 15) is 14.4 Å².